The van der Waals surface area contributed by atoms with Crippen molar-refractivity contribution in [1.29, 1.82) is 0 Å². The quantitative estimate of drug-likeness (QED) is 0.938. The summed E-state index contributed by atoms with van der Waals surface area (Å²) in [4.78, 5) is 23.2. The molecule has 23 heavy (non-hydrogen) atoms. The van der Waals surface area contributed by atoms with Gasteiger partial charge in [0.15, 0.2) is 0 Å². The maximum atomic E-state index is 12.5. The number of nitrogens with zero attached hydrogens (tertiary/aromatic N) is 3. The highest BCUT2D eigenvalue weighted by atomic mass is 16.5. The summed E-state index contributed by atoms with van der Waals surface area (Å²) in [5.74, 6) is 1.12. The number of amides is 1. The smallest absolute Gasteiger partial charge is 0.229 e. The van der Waals surface area contributed by atoms with E-state index in [4.69, 9.17) is 4.74 Å². The summed E-state index contributed by atoms with van der Waals surface area (Å²) in [7, 11) is 1.58. The number of nitrogens with one attached hydrogen (secondary N) is 1. The number of para-hydroxylation sites is 1. The van der Waals surface area contributed by atoms with Crippen molar-refractivity contribution < 1.29 is 9.53 Å². The Balaban J connectivity index is 1.66. The topological polar surface area (TPSA) is 67.3 Å². The first kappa shape index (κ1) is 15.3. The third-order valence-electron chi connectivity index (χ3n) is 3.94. The van der Waals surface area contributed by atoms with E-state index >= 15 is 0 Å². The lowest BCUT2D eigenvalue weighted by atomic mass is 9.97. The summed E-state index contributed by atoms with van der Waals surface area (Å²) >= 11 is 0. The molecule has 1 saturated heterocycles. The number of carbonyl (C=O) groups is 1. The molecule has 6 heteroatoms. The molecule has 1 amide bonds. The highest BCUT2D eigenvalue weighted by Gasteiger charge is 2.27. The maximum Gasteiger partial charge on any atom is 0.229 e. The van der Waals surface area contributed by atoms with E-state index < -0.39 is 0 Å². The van der Waals surface area contributed by atoms with E-state index in [1.54, 1.807) is 19.4 Å². The van der Waals surface area contributed by atoms with Crippen LogP contribution in [0.4, 0.5) is 11.6 Å². The largest absolute Gasteiger partial charge is 0.481 e. The third-order valence-corrected chi connectivity index (χ3v) is 3.94. The van der Waals surface area contributed by atoms with Crippen molar-refractivity contribution in [3.05, 3.63) is 42.6 Å². The summed E-state index contributed by atoms with van der Waals surface area (Å²) < 4.78 is 5.14. The zero-order chi connectivity index (χ0) is 16.1. The van der Waals surface area contributed by atoms with Gasteiger partial charge in [-0.15, -0.1) is 0 Å². The Kier molecular flexibility index (Phi) is 4.71. The lowest BCUT2D eigenvalue weighted by Crippen LogP contribution is -2.41. The van der Waals surface area contributed by atoms with Gasteiger partial charge in [-0.3, -0.25) is 4.79 Å². The molecule has 6 nitrogen and oxygen atoms in total. The van der Waals surface area contributed by atoms with Crippen LogP contribution in [0.2, 0.25) is 0 Å². The Hall–Kier alpha value is -2.63. The minimum atomic E-state index is -0.0706. The monoisotopic (exact) mass is 312 g/mol. The lowest BCUT2D eigenvalue weighted by molar-refractivity contribution is -0.120. The normalized spacial score (nSPS) is 17.6. The second kappa shape index (κ2) is 7.09. The Bertz CT molecular complexity index is 663. The van der Waals surface area contributed by atoms with Gasteiger partial charge in [0, 0.05) is 31.0 Å². The van der Waals surface area contributed by atoms with Crippen LogP contribution < -0.4 is 15.0 Å². The van der Waals surface area contributed by atoms with E-state index in [-0.39, 0.29) is 11.8 Å². The molecule has 1 atom stereocenters. The van der Waals surface area contributed by atoms with Crippen molar-refractivity contribution in [2.24, 2.45) is 5.92 Å². The predicted octanol–water partition coefficient (Wildman–Crippen LogP) is 2.34. The predicted molar refractivity (Wildman–Crippen MR) is 88.6 cm³/mol. The molecule has 1 aliphatic rings. The fourth-order valence-electron chi connectivity index (χ4n) is 2.74. The summed E-state index contributed by atoms with van der Waals surface area (Å²) in [6, 6.07) is 11.2. The molecule has 3 rings (SSSR count). The molecule has 120 valence electrons. The number of carbonyl (C=O) groups excluding carboxylic acids is 1. The number of aromatic nitrogens is 2. The van der Waals surface area contributed by atoms with Gasteiger partial charge < -0.3 is 15.0 Å². The highest BCUT2D eigenvalue weighted by molar-refractivity contribution is 5.93. The Labute approximate surface area is 135 Å². The van der Waals surface area contributed by atoms with E-state index in [9.17, 15) is 4.79 Å². The van der Waals surface area contributed by atoms with Crippen LogP contribution in [0, 0.1) is 5.92 Å². The first-order valence-corrected chi connectivity index (χ1v) is 7.74. The van der Waals surface area contributed by atoms with Gasteiger partial charge in [-0.05, 0) is 25.0 Å². The van der Waals surface area contributed by atoms with E-state index in [2.05, 4.69) is 15.3 Å². The summed E-state index contributed by atoms with van der Waals surface area (Å²) in [5.41, 5.74) is 0.826. The molecular formula is C17H20N4O2. The second-order valence-electron chi connectivity index (χ2n) is 5.54. The number of hydrogen-bond acceptors (Lipinski definition) is 5. The molecule has 0 radical (unpaired) electrons. The molecule has 1 aromatic carbocycles. The van der Waals surface area contributed by atoms with Crippen molar-refractivity contribution in [3.63, 3.8) is 0 Å². The third kappa shape index (κ3) is 3.77. The molecule has 0 unspecified atom stereocenters. The molecule has 1 aliphatic heterocycles. The SMILES string of the molecule is COc1ccnc(N2CCC[C@@H](C(=O)Nc3ccccc3)C2)n1. The first-order chi connectivity index (χ1) is 11.3. The lowest BCUT2D eigenvalue weighted by Gasteiger charge is -2.32. The minimum Gasteiger partial charge on any atom is -0.481 e. The van der Waals surface area contributed by atoms with E-state index in [0.29, 0.717) is 18.4 Å². The van der Waals surface area contributed by atoms with Gasteiger partial charge in [0.1, 0.15) is 0 Å². The number of hydrogen-bond donors (Lipinski definition) is 1. The number of ether oxygens (including phenoxy) is 1. The van der Waals surface area contributed by atoms with Crippen LogP contribution in [0.1, 0.15) is 12.8 Å². The van der Waals surface area contributed by atoms with E-state index in [0.717, 1.165) is 25.1 Å². The minimum absolute atomic E-state index is 0.0452. The standard InChI is InChI=1S/C17H20N4O2/c1-23-15-9-10-18-17(20-15)21-11-5-6-13(12-21)16(22)19-14-7-3-2-4-8-14/h2-4,7-10,13H,5-6,11-12H2,1H3,(H,19,22)/t13-/m1/s1. The van der Waals surface area contributed by atoms with Crippen molar-refractivity contribution in [2.45, 2.75) is 12.8 Å². The van der Waals surface area contributed by atoms with Crippen LogP contribution in [0.3, 0.4) is 0 Å². The van der Waals surface area contributed by atoms with Crippen molar-refractivity contribution in [2.75, 3.05) is 30.4 Å². The molecule has 1 aromatic heterocycles. The Morgan fingerprint density at radius 3 is 2.91 bits per heavy atom. The van der Waals surface area contributed by atoms with Gasteiger partial charge in [-0.1, -0.05) is 18.2 Å². The zero-order valence-corrected chi connectivity index (χ0v) is 13.1. The van der Waals surface area contributed by atoms with Crippen LogP contribution >= 0.6 is 0 Å². The van der Waals surface area contributed by atoms with Crippen LogP contribution in [-0.2, 0) is 4.79 Å². The Morgan fingerprint density at radius 1 is 1.30 bits per heavy atom. The first-order valence-electron chi connectivity index (χ1n) is 7.74. The molecule has 0 bridgehead atoms. The van der Waals surface area contributed by atoms with Gasteiger partial charge in [0.2, 0.25) is 17.7 Å². The number of piperidine rings is 1. The molecule has 0 aliphatic carbocycles. The van der Waals surface area contributed by atoms with Gasteiger partial charge in [0.05, 0.1) is 13.0 Å². The average molecular weight is 312 g/mol. The summed E-state index contributed by atoms with van der Waals surface area (Å²) in [6.07, 6.45) is 3.49. The van der Waals surface area contributed by atoms with E-state index in [1.165, 1.54) is 0 Å². The fourth-order valence-corrected chi connectivity index (χ4v) is 2.74. The number of rotatable bonds is 4. The molecule has 1 N–H and O–H groups in total. The summed E-state index contributed by atoms with van der Waals surface area (Å²) in [5, 5.41) is 2.98. The molecular weight excluding hydrogens is 292 g/mol. The van der Waals surface area contributed by atoms with Crippen molar-refractivity contribution in [1.82, 2.24) is 9.97 Å². The molecule has 2 aromatic rings. The number of anilines is 2. The van der Waals surface area contributed by atoms with Gasteiger partial charge >= 0.3 is 0 Å². The molecule has 1 fully saturated rings. The van der Waals surface area contributed by atoms with Gasteiger partial charge in [0.25, 0.3) is 0 Å². The average Bonchev–Trinajstić information content (AvgIpc) is 2.63. The Morgan fingerprint density at radius 2 is 2.13 bits per heavy atom. The highest BCUT2D eigenvalue weighted by Crippen LogP contribution is 2.22. The van der Waals surface area contributed by atoms with Crippen molar-refractivity contribution in [3.8, 4) is 5.88 Å². The van der Waals surface area contributed by atoms with Crippen LogP contribution in [0.25, 0.3) is 0 Å². The van der Waals surface area contributed by atoms with Gasteiger partial charge in [-0.2, -0.15) is 4.98 Å². The summed E-state index contributed by atoms with van der Waals surface area (Å²) in [6.45, 7) is 1.47. The van der Waals surface area contributed by atoms with Crippen LogP contribution in [0.5, 0.6) is 5.88 Å². The molecule has 0 spiro atoms. The van der Waals surface area contributed by atoms with Crippen molar-refractivity contribution >= 4 is 17.5 Å². The van der Waals surface area contributed by atoms with Crippen LogP contribution in [0.15, 0.2) is 42.6 Å². The molecule has 0 saturated carbocycles. The zero-order valence-electron chi connectivity index (χ0n) is 13.1. The fraction of sp³-hybridized carbons (Fsp3) is 0.353. The maximum absolute atomic E-state index is 12.5. The van der Waals surface area contributed by atoms with Gasteiger partial charge in [-0.25, -0.2) is 4.98 Å². The van der Waals surface area contributed by atoms with E-state index in [1.807, 2.05) is 35.2 Å². The van der Waals surface area contributed by atoms with Crippen LogP contribution in [-0.4, -0.2) is 36.1 Å². The second-order valence-corrected chi connectivity index (χ2v) is 5.54. The number of methoxy groups -OCH3 is 1. The number of benzene rings is 1. The molecule has 2 heterocycles.